The average molecular weight is 317 g/mol. The van der Waals surface area contributed by atoms with Gasteiger partial charge in [-0.2, -0.15) is 0 Å². The van der Waals surface area contributed by atoms with Gasteiger partial charge in [-0.3, -0.25) is 9.59 Å². The third-order valence-electron chi connectivity index (χ3n) is 4.57. The van der Waals surface area contributed by atoms with Crippen LogP contribution in [-0.4, -0.2) is 41.4 Å². The van der Waals surface area contributed by atoms with Gasteiger partial charge in [0.1, 0.15) is 6.10 Å². The number of carbonyl (C=O) groups is 2. The van der Waals surface area contributed by atoms with Crippen molar-refractivity contribution in [3.63, 3.8) is 0 Å². The molecule has 1 atom stereocenters. The number of hydrogen-bond donors (Lipinski definition) is 1. The van der Waals surface area contributed by atoms with Crippen LogP contribution in [0.25, 0.3) is 0 Å². The number of pyridine rings is 1. The van der Waals surface area contributed by atoms with Crippen LogP contribution in [0, 0.1) is 5.92 Å². The Bertz CT molecular complexity index is 584. The molecule has 1 saturated heterocycles. The molecule has 2 heterocycles. The molecule has 0 spiro atoms. The maximum Gasteiger partial charge on any atom is 0.225 e. The summed E-state index contributed by atoms with van der Waals surface area (Å²) in [6, 6.07) is 3.75. The first kappa shape index (κ1) is 15.8. The summed E-state index contributed by atoms with van der Waals surface area (Å²) in [5.41, 5.74) is 0.957. The summed E-state index contributed by atoms with van der Waals surface area (Å²) in [5, 5.41) is 2.90. The molecular weight excluding hydrogens is 294 g/mol. The molecule has 0 radical (unpaired) electrons. The standard InChI is InChI=1S/C17H23N3O3/c1-20-11-13(9-16(20)21)17(22)19-10-12-6-7-18-15(8-12)23-14-4-2-3-5-14/h6-8,13-14H,2-5,9-11H2,1H3,(H,19,22). The summed E-state index contributed by atoms with van der Waals surface area (Å²) in [4.78, 5) is 29.5. The minimum Gasteiger partial charge on any atom is -0.474 e. The lowest BCUT2D eigenvalue weighted by atomic mass is 10.1. The van der Waals surface area contributed by atoms with E-state index in [9.17, 15) is 9.59 Å². The summed E-state index contributed by atoms with van der Waals surface area (Å²) in [6.45, 7) is 0.924. The molecule has 1 N–H and O–H groups in total. The van der Waals surface area contributed by atoms with E-state index in [1.807, 2.05) is 12.1 Å². The van der Waals surface area contributed by atoms with Gasteiger partial charge in [-0.15, -0.1) is 0 Å². The molecule has 6 heteroatoms. The summed E-state index contributed by atoms with van der Waals surface area (Å²) in [5.74, 6) is 0.335. The normalized spacial score (nSPS) is 21.7. The van der Waals surface area contributed by atoms with Crippen LogP contribution >= 0.6 is 0 Å². The van der Waals surface area contributed by atoms with Crippen molar-refractivity contribution in [1.82, 2.24) is 15.2 Å². The van der Waals surface area contributed by atoms with Crippen molar-refractivity contribution in [1.29, 1.82) is 0 Å². The van der Waals surface area contributed by atoms with Crippen LogP contribution in [0.1, 0.15) is 37.7 Å². The average Bonchev–Trinajstić information content (AvgIpc) is 3.16. The molecule has 0 aromatic carbocycles. The van der Waals surface area contributed by atoms with Crippen molar-refractivity contribution < 1.29 is 14.3 Å². The predicted octanol–water partition coefficient (Wildman–Crippen LogP) is 1.50. The second-order valence-corrected chi connectivity index (χ2v) is 6.42. The van der Waals surface area contributed by atoms with Crippen molar-refractivity contribution in [2.75, 3.05) is 13.6 Å². The van der Waals surface area contributed by atoms with E-state index in [0.717, 1.165) is 18.4 Å². The number of hydrogen-bond acceptors (Lipinski definition) is 4. The Morgan fingerprint density at radius 3 is 2.91 bits per heavy atom. The van der Waals surface area contributed by atoms with E-state index in [4.69, 9.17) is 4.74 Å². The summed E-state index contributed by atoms with van der Waals surface area (Å²) in [7, 11) is 1.73. The number of aromatic nitrogens is 1. The Hall–Kier alpha value is -2.11. The van der Waals surface area contributed by atoms with E-state index >= 15 is 0 Å². The van der Waals surface area contributed by atoms with E-state index in [1.165, 1.54) is 12.8 Å². The van der Waals surface area contributed by atoms with Crippen molar-refractivity contribution >= 4 is 11.8 Å². The number of nitrogens with zero attached hydrogens (tertiary/aromatic N) is 2. The first-order valence-corrected chi connectivity index (χ1v) is 8.25. The molecule has 6 nitrogen and oxygen atoms in total. The third-order valence-corrected chi connectivity index (χ3v) is 4.57. The van der Waals surface area contributed by atoms with Crippen molar-refractivity contribution in [3.8, 4) is 5.88 Å². The van der Waals surface area contributed by atoms with Crippen LogP contribution in [0.15, 0.2) is 18.3 Å². The van der Waals surface area contributed by atoms with E-state index in [0.29, 0.717) is 25.4 Å². The maximum atomic E-state index is 12.1. The molecule has 2 amide bonds. The molecule has 1 unspecified atom stereocenters. The van der Waals surface area contributed by atoms with Crippen molar-refractivity contribution in [3.05, 3.63) is 23.9 Å². The number of nitrogens with one attached hydrogen (secondary N) is 1. The zero-order valence-electron chi connectivity index (χ0n) is 13.5. The fraction of sp³-hybridized carbons (Fsp3) is 0.588. The van der Waals surface area contributed by atoms with E-state index in [-0.39, 0.29) is 23.8 Å². The zero-order chi connectivity index (χ0) is 16.2. The van der Waals surface area contributed by atoms with Gasteiger partial charge in [0.15, 0.2) is 0 Å². The SMILES string of the molecule is CN1CC(C(=O)NCc2ccnc(OC3CCCC3)c2)CC1=O. The number of likely N-dealkylation sites (tertiary alicyclic amines) is 1. The Labute approximate surface area is 136 Å². The number of amides is 2. The first-order valence-electron chi connectivity index (χ1n) is 8.25. The smallest absolute Gasteiger partial charge is 0.225 e. The van der Waals surface area contributed by atoms with Crippen LogP contribution in [0.2, 0.25) is 0 Å². The molecule has 1 aromatic heterocycles. The summed E-state index contributed by atoms with van der Waals surface area (Å²) in [6.07, 6.45) is 6.89. The molecular formula is C17H23N3O3. The van der Waals surface area contributed by atoms with Gasteiger partial charge in [0.25, 0.3) is 0 Å². The van der Waals surface area contributed by atoms with Crippen LogP contribution in [-0.2, 0) is 16.1 Å². The van der Waals surface area contributed by atoms with Gasteiger partial charge in [-0.25, -0.2) is 4.98 Å². The largest absolute Gasteiger partial charge is 0.474 e. The fourth-order valence-electron chi connectivity index (χ4n) is 3.17. The predicted molar refractivity (Wildman–Crippen MR) is 84.7 cm³/mol. The third kappa shape index (κ3) is 4.00. The molecule has 0 bridgehead atoms. The Kier molecular flexibility index (Phi) is 4.79. The number of rotatable bonds is 5. The van der Waals surface area contributed by atoms with Gasteiger partial charge >= 0.3 is 0 Å². The second-order valence-electron chi connectivity index (χ2n) is 6.42. The van der Waals surface area contributed by atoms with Crippen molar-refractivity contribution in [2.45, 2.75) is 44.8 Å². The Morgan fingerprint density at radius 1 is 1.43 bits per heavy atom. The molecule has 1 aliphatic carbocycles. The van der Waals surface area contributed by atoms with Gasteiger partial charge in [0.05, 0.1) is 5.92 Å². The second kappa shape index (κ2) is 6.98. The lowest BCUT2D eigenvalue weighted by molar-refractivity contribution is -0.128. The highest BCUT2D eigenvalue weighted by Crippen LogP contribution is 2.23. The molecule has 23 heavy (non-hydrogen) atoms. The van der Waals surface area contributed by atoms with Gasteiger partial charge < -0.3 is 15.0 Å². The molecule has 1 aromatic rings. The molecule has 2 fully saturated rings. The zero-order valence-corrected chi connectivity index (χ0v) is 13.5. The van der Waals surface area contributed by atoms with Crippen molar-refractivity contribution in [2.24, 2.45) is 5.92 Å². The lowest BCUT2D eigenvalue weighted by Gasteiger charge is -2.14. The van der Waals surface area contributed by atoms with Crippen LogP contribution in [0.4, 0.5) is 0 Å². The van der Waals surface area contributed by atoms with Crippen LogP contribution in [0.3, 0.4) is 0 Å². The molecule has 1 aliphatic heterocycles. The lowest BCUT2D eigenvalue weighted by Crippen LogP contribution is -2.31. The van der Waals surface area contributed by atoms with Crippen LogP contribution < -0.4 is 10.1 Å². The minimum atomic E-state index is -0.247. The Morgan fingerprint density at radius 2 is 2.22 bits per heavy atom. The van der Waals surface area contributed by atoms with Gasteiger partial charge in [0.2, 0.25) is 17.7 Å². The summed E-state index contributed by atoms with van der Waals surface area (Å²) >= 11 is 0. The highest BCUT2D eigenvalue weighted by atomic mass is 16.5. The van der Waals surface area contributed by atoms with E-state index in [1.54, 1.807) is 18.1 Å². The number of carbonyl (C=O) groups excluding carboxylic acids is 2. The molecule has 124 valence electrons. The minimum absolute atomic E-state index is 0.0290. The van der Waals surface area contributed by atoms with Crippen LogP contribution in [0.5, 0.6) is 5.88 Å². The summed E-state index contributed by atoms with van der Waals surface area (Å²) < 4.78 is 5.88. The quantitative estimate of drug-likeness (QED) is 0.893. The molecule has 2 aliphatic rings. The van der Waals surface area contributed by atoms with Gasteiger partial charge in [-0.05, 0) is 37.3 Å². The number of ether oxygens (including phenoxy) is 1. The van der Waals surface area contributed by atoms with Gasteiger partial charge in [-0.1, -0.05) is 0 Å². The Balaban J connectivity index is 1.51. The molecule has 1 saturated carbocycles. The topological polar surface area (TPSA) is 71.5 Å². The fourth-order valence-corrected chi connectivity index (χ4v) is 3.17. The van der Waals surface area contributed by atoms with Gasteiger partial charge in [0, 0.05) is 38.8 Å². The molecule has 3 rings (SSSR count). The maximum absolute atomic E-state index is 12.1. The van der Waals surface area contributed by atoms with E-state index < -0.39 is 0 Å². The van der Waals surface area contributed by atoms with E-state index in [2.05, 4.69) is 10.3 Å². The monoisotopic (exact) mass is 317 g/mol. The highest BCUT2D eigenvalue weighted by Gasteiger charge is 2.31. The first-order chi connectivity index (χ1) is 11.1. The highest BCUT2D eigenvalue weighted by molar-refractivity contribution is 5.89.